The van der Waals surface area contributed by atoms with Gasteiger partial charge in [-0.05, 0) is 25.0 Å². The van der Waals surface area contributed by atoms with Crippen LogP contribution in [0.4, 0.5) is 13.2 Å². The molecule has 0 saturated carbocycles. The molecule has 9 heteroatoms. The molecule has 1 aromatic heterocycles. The monoisotopic (exact) mass is 515 g/mol. The summed E-state index contributed by atoms with van der Waals surface area (Å²) in [6, 6.07) is 9.18. The largest absolute Gasteiger partial charge is 0.492 e. The van der Waals surface area contributed by atoms with E-state index < -0.39 is 29.6 Å². The van der Waals surface area contributed by atoms with Crippen molar-refractivity contribution in [1.29, 1.82) is 0 Å². The third kappa shape index (κ3) is 4.94. The Labute approximate surface area is 214 Å². The fourth-order valence-corrected chi connectivity index (χ4v) is 5.65. The normalized spacial score (nSPS) is 21.5. The third-order valence-corrected chi connectivity index (χ3v) is 7.68. The summed E-state index contributed by atoms with van der Waals surface area (Å²) in [5.41, 5.74) is 2.42. The van der Waals surface area contributed by atoms with Crippen molar-refractivity contribution in [3.8, 4) is 5.75 Å². The van der Waals surface area contributed by atoms with Gasteiger partial charge in [0.2, 0.25) is 0 Å². The van der Waals surface area contributed by atoms with Crippen molar-refractivity contribution >= 4 is 16.9 Å². The molecule has 0 radical (unpaired) electrons. The molecule has 1 unspecified atom stereocenters. The zero-order valence-corrected chi connectivity index (χ0v) is 21.0. The van der Waals surface area contributed by atoms with Crippen LogP contribution in [0.3, 0.4) is 0 Å². The van der Waals surface area contributed by atoms with E-state index in [0.29, 0.717) is 31.7 Å². The summed E-state index contributed by atoms with van der Waals surface area (Å²) >= 11 is 0. The third-order valence-electron chi connectivity index (χ3n) is 7.68. The smallest absolute Gasteiger partial charge is 0.307 e. The minimum Gasteiger partial charge on any atom is -0.492 e. The van der Waals surface area contributed by atoms with Gasteiger partial charge in [-0.25, -0.2) is 8.78 Å². The molecule has 198 valence electrons. The second kappa shape index (κ2) is 10.4. The molecule has 3 heterocycles. The minimum absolute atomic E-state index is 0.0633. The number of benzene rings is 2. The van der Waals surface area contributed by atoms with E-state index in [1.165, 1.54) is 12.1 Å². The summed E-state index contributed by atoms with van der Waals surface area (Å²) in [6.45, 7) is 5.50. The van der Waals surface area contributed by atoms with E-state index in [2.05, 4.69) is 4.98 Å². The van der Waals surface area contributed by atoms with Gasteiger partial charge in [0.15, 0.2) is 0 Å². The molecule has 3 aromatic rings. The molecule has 1 saturated heterocycles. The van der Waals surface area contributed by atoms with Crippen molar-refractivity contribution in [3.63, 3.8) is 0 Å². The summed E-state index contributed by atoms with van der Waals surface area (Å²) in [7, 11) is 0. The molecule has 5 rings (SSSR count). The first-order valence-electron chi connectivity index (χ1n) is 12.7. The number of ether oxygens (including phenoxy) is 1. The SMILES string of the molecule is CC(CN1[C@H](c2c(F)cc(OCCN3CC(CF)C3)cc2F)c2[nH]c3ccccc3c2C[C@H]1C)C(=O)O. The summed E-state index contributed by atoms with van der Waals surface area (Å²) in [4.78, 5) is 19.0. The number of halogens is 3. The van der Waals surface area contributed by atoms with Crippen LogP contribution in [0.1, 0.15) is 36.7 Å². The highest BCUT2D eigenvalue weighted by Crippen LogP contribution is 2.43. The van der Waals surface area contributed by atoms with Crippen LogP contribution in [-0.4, -0.2) is 71.4 Å². The topological polar surface area (TPSA) is 68.8 Å². The Hall–Kier alpha value is -3.04. The average molecular weight is 516 g/mol. The molecule has 2 aliphatic rings. The number of aliphatic carboxylic acids is 1. The number of carboxylic acids is 1. The second-order valence-corrected chi connectivity index (χ2v) is 10.4. The number of carboxylic acid groups (broad SMARTS) is 1. The lowest BCUT2D eigenvalue weighted by Gasteiger charge is -2.42. The molecule has 2 N–H and O–H groups in total. The van der Waals surface area contributed by atoms with E-state index in [4.69, 9.17) is 4.74 Å². The van der Waals surface area contributed by atoms with Gasteiger partial charge in [-0.15, -0.1) is 0 Å². The number of aromatic nitrogens is 1. The molecule has 0 aliphatic carbocycles. The van der Waals surface area contributed by atoms with Crippen LogP contribution in [0, 0.1) is 23.5 Å². The maximum Gasteiger partial charge on any atom is 0.307 e. The molecule has 0 bridgehead atoms. The Kier molecular flexibility index (Phi) is 7.18. The lowest BCUT2D eigenvalue weighted by molar-refractivity contribution is -0.142. The molecule has 6 nitrogen and oxygen atoms in total. The first-order chi connectivity index (χ1) is 17.8. The van der Waals surface area contributed by atoms with Gasteiger partial charge in [0.25, 0.3) is 0 Å². The number of nitrogens with zero attached hydrogens (tertiary/aromatic N) is 2. The molecule has 37 heavy (non-hydrogen) atoms. The van der Waals surface area contributed by atoms with E-state index in [1.807, 2.05) is 41.0 Å². The maximum atomic E-state index is 15.7. The van der Waals surface area contributed by atoms with Gasteiger partial charge in [-0.3, -0.25) is 19.0 Å². The van der Waals surface area contributed by atoms with Crippen LogP contribution >= 0.6 is 0 Å². The Balaban J connectivity index is 1.47. The van der Waals surface area contributed by atoms with Gasteiger partial charge in [-0.1, -0.05) is 25.1 Å². The number of hydrogen-bond donors (Lipinski definition) is 2. The molecule has 3 atom stereocenters. The number of likely N-dealkylation sites (tertiary alicyclic amines) is 1. The Morgan fingerprint density at radius 1 is 1.22 bits per heavy atom. The number of carbonyl (C=O) groups is 1. The van der Waals surface area contributed by atoms with Crippen LogP contribution in [0.2, 0.25) is 0 Å². The summed E-state index contributed by atoms with van der Waals surface area (Å²) < 4.78 is 49.6. The number of rotatable bonds is 9. The molecule has 0 amide bonds. The number of aromatic amines is 1. The number of nitrogens with one attached hydrogen (secondary N) is 1. The van der Waals surface area contributed by atoms with Crippen LogP contribution in [0.15, 0.2) is 36.4 Å². The van der Waals surface area contributed by atoms with Gasteiger partial charge in [-0.2, -0.15) is 0 Å². The number of para-hydroxylation sites is 1. The van der Waals surface area contributed by atoms with E-state index in [-0.39, 0.29) is 43.1 Å². The highest BCUT2D eigenvalue weighted by Gasteiger charge is 2.40. The fraction of sp³-hybridized carbons (Fsp3) is 0.464. The van der Waals surface area contributed by atoms with Crippen LogP contribution in [0.25, 0.3) is 10.9 Å². The van der Waals surface area contributed by atoms with Gasteiger partial charge in [0.05, 0.1) is 18.6 Å². The van der Waals surface area contributed by atoms with Crippen LogP contribution in [-0.2, 0) is 11.2 Å². The number of alkyl halides is 1. The van der Waals surface area contributed by atoms with Gasteiger partial charge < -0.3 is 14.8 Å². The van der Waals surface area contributed by atoms with Crippen molar-refractivity contribution in [2.24, 2.45) is 11.8 Å². The van der Waals surface area contributed by atoms with E-state index >= 15 is 8.78 Å². The van der Waals surface area contributed by atoms with Crippen molar-refractivity contribution in [2.45, 2.75) is 32.4 Å². The van der Waals surface area contributed by atoms with E-state index in [9.17, 15) is 14.3 Å². The van der Waals surface area contributed by atoms with Crippen molar-refractivity contribution in [1.82, 2.24) is 14.8 Å². The van der Waals surface area contributed by atoms with Crippen LogP contribution < -0.4 is 4.74 Å². The lowest BCUT2D eigenvalue weighted by atomic mass is 9.87. The maximum absolute atomic E-state index is 15.7. The second-order valence-electron chi connectivity index (χ2n) is 10.4. The molecular formula is C28H32F3N3O3. The lowest BCUT2D eigenvalue weighted by Crippen LogP contribution is -2.49. The molecule has 1 fully saturated rings. The number of fused-ring (bicyclic) bond motifs is 3. The zero-order valence-electron chi connectivity index (χ0n) is 21.0. The standard InChI is InChI=1S/C28H32F3N3O3/c1-16(28(35)36)13-34-17(2)9-21-20-5-3-4-6-24(20)32-26(21)27(34)25-22(30)10-19(11-23(25)31)37-8-7-33-14-18(12-29)15-33/h3-6,10-11,16-18,27,32H,7-9,12-15H2,1-2H3,(H,35,36)/t16?,17-,27-/m1/s1. The first kappa shape index (κ1) is 25.6. The van der Waals surface area contributed by atoms with Crippen LogP contribution in [0.5, 0.6) is 5.75 Å². The highest BCUT2D eigenvalue weighted by atomic mass is 19.1. The Bertz CT molecular complexity index is 1270. The van der Waals surface area contributed by atoms with Gasteiger partial charge in [0, 0.05) is 72.4 Å². The predicted molar refractivity (Wildman–Crippen MR) is 135 cm³/mol. The Morgan fingerprint density at radius 3 is 2.59 bits per heavy atom. The molecule has 0 spiro atoms. The average Bonchev–Trinajstić information content (AvgIpc) is 3.19. The zero-order chi connectivity index (χ0) is 26.3. The van der Waals surface area contributed by atoms with Crippen molar-refractivity contribution < 1.29 is 27.8 Å². The van der Waals surface area contributed by atoms with E-state index in [0.717, 1.165) is 16.5 Å². The predicted octanol–water partition coefficient (Wildman–Crippen LogP) is 4.78. The van der Waals surface area contributed by atoms with Crippen molar-refractivity contribution in [2.75, 3.05) is 39.5 Å². The Morgan fingerprint density at radius 2 is 1.92 bits per heavy atom. The summed E-state index contributed by atoms with van der Waals surface area (Å²) in [5.74, 6) is -3.01. The number of hydrogen-bond acceptors (Lipinski definition) is 4. The highest BCUT2D eigenvalue weighted by molar-refractivity contribution is 5.85. The first-order valence-corrected chi connectivity index (χ1v) is 12.7. The number of H-pyrrole nitrogens is 1. The van der Waals surface area contributed by atoms with Gasteiger partial charge in [0.1, 0.15) is 24.0 Å². The fourth-order valence-electron chi connectivity index (χ4n) is 5.65. The van der Waals surface area contributed by atoms with E-state index in [1.54, 1.807) is 6.92 Å². The molecular weight excluding hydrogens is 483 g/mol. The summed E-state index contributed by atoms with van der Waals surface area (Å²) in [6.07, 6.45) is 0.631. The molecule has 2 aromatic carbocycles. The minimum atomic E-state index is -0.960. The molecule has 2 aliphatic heterocycles. The van der Waals surface area contributed by atoms with Crippen molar-refractivity contribution in [3.05, 3.63) is 64.9 Å². The summed E-state index contributed by atoms with van der Waals surface area (Å²) in [5, 5.41) is 10.6. The van der Waals surface area contributed by atoms with Gasteiger partial charge >= 0.3 is 5.97 Å². The quantitative estimate of drug-likeness (QED) is 0.429.